The largest absolute Gasteiger partial charge is 0.389 e. The van der Waals surface area contributed by atoms with Crippen molar-refractivity contribution in [3.63, 3.8) is 0 Å². The highest BCUT2D eigenvalue weighted by Crippen LogP contribution is 2.19. The van der Waals surface area contributed by atoms with Crippen molar-refractivity contribution in [2.24, 2.45) is 0 Å². The number of amides is 1. The van der Waals surface area contributed by atoms with Gasteiger partial charge in [-0.2, -0.15) is 0 Å². The van der Waals surface area contributed by atoms with E-state index in [2.05, 4.69) is 5.32 Å². The van der Waals surface area contributed by atoms with Gasteiger partial charge in [0.15, 0.2) is 0 Å². The van der Waals surface area contributed by atoms with E-state index in [9.17, 15) is 14.3 Å². The minimum Gasteiger partial charge on any atom is -0.389 e. The first kappa shape index (κ1) is 14.9. The van der Waals surface area contributed by atoms with Gasteiger partial charge in [-0.15, -0.1) is 0 Å². The molecule has 1 aliphatic heterocycles. The van der Waals surface area contributed by atoms with Gasteiger partial charge in [0.05, 0.1) is 12.1 Å². The molecule has 1 unspecified atom stereocenters. The van der Waals surface area contributed by atoms with E-state index < -0.39 is 5.60 Å². The smallest absolute Gasteiger partial charge is 0.234 e. The van der Waals surface area contributed by atoms with Crippen molar-refractivity contribution in [3.8, 4) is 0 Å². The average Bonchev–Trinajstić information content (AvgIpc) is 2.70. The number of nitrogens with zero attached hydrogens (tertiary/aromatic N) is 1. The van der Waals surface area contributed by atoms with Crippen LogP contribution in [0.25, 0.3) is 0 Å². The van der Waals surface area contributed by atoms with Crippen LogP contribution in [0.15, 0.2) is 18.2 Å². The topological polar surface area (TPSA) is 52.6 Å². The number of benzene rings is 1. The van der Waals surface area contributed by atoms with E-state index in [1.54, 1.807) is 26.0 Å². The summed E-state index contributed by atoms with van der Waals surface area (Å²) in [6, 6.07) is 4.95. The Balaban J connectivity index is 1.79. The van der Waals surface area contributed by atoms with E-state index in [0.29, 0.717) is 25.1 Å². The van der Waals surface area contributed by atoms with Crippen LogP contribution in [-0.4, -0.2) is 41.1 Å². The molecule has 0 spiro atoms. The zero-order chi connectivity index (χ0) is 14.8. The van der Waals surface area contributed by atoms with Crippen molar-refractivity contribution in [2.75, 3.05) is 19.6 Å². The number of hydrogen-bond acceptors (Lipinski definition) is 3. The van der Waals surface area contributed by atoms with Crippen LogP contribution in [0.4, 0.5) is 4.39 Å². The first-order valence-electron chi connectivity index (χ1n) is 6.82. The molecule has 4 nitrogen and oxygen atoms in total. The predicted molar refractivity (Wildman–Crippen MR) is 74.7 cm³/mol. The molecule has 1 aliphatic rings. The third-order valence-electron chi connectivity index (χ3n) is 3.62. The highest BCUT2D eigenvalue weighted by atomic mass is 19.1. The summed E-state index contributed by atoms with van der Waals surface area (Å²) in [7, 11) is 0. The Morgan fingerprint density at radius 2 is 2.30 bits per heavy atom. The molecule has 1 aromatic carbocycles. The monoisotopic (exact) mass is 280 g/mol. The second kappa shape index (κ2) is 5.89. The number of carbonyl (C=O) groups is 1. The maximum absolute atomic E-state index is 13.4. The molecule has 1 heterocycles. The van der Waals surface area contributed by atoms with Crippen molar-refractivity contribution >= 4 is 5.91 Å². The van der Waals surface area contributed by atoms with Gasteiger partial charge < -0.3 is 10.4 Å². The van der Waals surface area contributed by atoms with Crippen molar-refractivity contribution in [1.82, 2.24) is 10.2 Å². The number of likely N-dealkylation sites (tertiary alicyclic amines) is 1. The molecule has 20 heavy (non-hydrogen) atoms. The molecule has 5 heteroatoms. The summed E-state index contributed by atoms with van der Waals surface area (Å²) in [5, 5.41) is 12.6. The molecule has 0 saturated carbocycles. The number of nitrogens with one attached hydrogen (secondary N) is 1. The van der Waals surface area contributed by atoms with Gasteiger partial charge in [0.1, 0.15) is 5.82 Å². The molecule has 1 atom stereocenters. The first-order chi connectivity index (χ1) is 9.35. The summed E-state index contributed by atoms with van der Waals surface area (Å²) < 4.78 is 13.4. The summed E-state index contributed by atoms with van der Waals surface area (Å²) in [5.74, 6) is -0.365. The molecule has 2 N–H and O–H groups in total. The number of β-amino-alcohol motifs (C(OH)–C–C–N with tert-alkyl or cyclic N) is 1. The third kappa shape index (κ3) is 4.02. The first-order valence-corrected chi connectivity index (χ1v) is 6.82. The van der Waals surface area contributed by atoms with Crippen molar-refractivity contribution in [1.29, 1.82) is 0 Å². The quantitative estimate of drug-likeness (QED) is 0.871. The van der Waals surface area contributed by atoms with Gasteiger partial charge in [0.2, 0.25) is 5.91 Å². The number of aliphatic hydroxyl groups is 1. The lowest BCUT2D eigenvalue weighted by Gasteiger charge is -2.18. The van der Waals surface area contributed by atoms with Gasteiger partial charge in [0, 0.05) is 19.6 Å². The molecule has 0 bridgehead atoms. The van der Waals surface area contributed by atoms with E-state index in [4.69, 9.17) is 0 Å². The van der Waals surface area contributed by atoms with Crippen LogP contribution in [-0.2, 0) is 11.3 Å². The molecule has 0 radical (unpaired) electrons. The van der Waals surface area contributed by atoms with E-state index >= 15 is 0 Å². The number of hydrogen-bond donors (Lipinski definition) is 2. The lowest BCUT2D eigenvalue weighted by Crippen LogP contribution is -2.38. The van der Waals surface area contributed by atoms with Gasteiger partial charge in [0.25, 0.3) is 0 Å². The summed E-state index contributed by atoms with van der Waals surface area (Å²) in [6.45, 7) is 5.31. The molecule has 110 valence electrons. The molecule has 0 aromatic heterocycles. The number of halogens is 1. The van der Waals surface area contributed by atoms with Crippen LogP contribution in [0.2, 0.25) is 0 Å². The molecular formula is C15H21FN2O2. The Labute approximate surface area is 118 Å². The lowest BCUT2D eigenvalue weighted by molar-refractivity contribution is -0.122. The van der Waals surface area contributed by atoms with Gasteiger partial charge in [-0.3, -0.25) is 9.69 Å². The standard InChI is InChI=1S/C15H21FN2O2/c1-11-3-4-12(7-13(11)16)8-17-14(19)9-18-6-5-15(2,20)10-18/h3-4,7,20H,5-6,8-10H2,1-2H3,(H,17,19). The minimum absolute atomic E-state index is 0.108. The Kier molecular flexibility index (Phi) is 4.40. The number of rotatable bonds is 4. The number of aryl methyl sites for hydroxylation is 1. The average molecular weight is 280 g/mol. The summed E-state index contributed by atoms with van der Waals surface area (Å²) in [6.07, 6.45) is 0.684. The maximum atomic E-state index is 13.4. The molecule has 0 aliphatic carbocycles. The SMILES string of the molecule is Cc1ccc(CNC(=O)CN2CCC(C)(O)C2)cc1F. The highest BCUT2D eigenvalue weighted by molar-refractivity contribution is 5.78. The molecule has 2 rings (SSSR count). The summed E-state index contributed by atoms with van der Waals surface area (Å²) in [5.41, 5.74) is 0.648. The molecule has 1 aromatic rings. The Morgan fingerprint density at radius 3 is 2.90 bits per heavy atom. The second-order valence-electron chi connectivity index (χ2n) is 5.82. The van der Waals surface area contributed by atoms with Crippen LogP contribution >= 0.6 is 0 Å². The van der Waals surface area contributed by atoms with Crippen LogP contribution in [0.5, 0.6) is 0 Å². The Morgan fingerprint density at radius 1 is 1.55 bits per heavy atom. The van der Waals surface area contributed by atoms with Crippen molar-refractivity contribution in [2.45, 2.75) is 32.4 Å². The Hall–Kier alpha value is -1.46. The van der Waals surface area contributed by atoms with Gasteiger partial charge >= 0.3 is 0 Å². The second-order valence-corrected chi connectivity index (χ2v) is 5.82. The number of carbonyl (C=O) groups excluding carboxylic acids is 1. The van der Waals surface area contributed by atoms with E-state index in [1.165, 1.54) is 6.07 Å². The van der Waals surface area contributed by atoms with Crippen LogP contribution in [0.1, 0.15) is 24.5 Å². The summed E-state index contributed by atoms with van der Waals surface area (Å²) >= 11 is 0. The fourth-order valence-corrected chi connectivity index (χ4v) is 2.38. The van der Waals surface area contributed by atoms with Gasteiger partial charge in [-0.1, -0.05) is 12.1 Å². The third-order valence-corrected chi connectivity index (χ3v) is 3.62. The van der Waals surface area contributed by atoms with Crippen molar-refractivity contribution < 1.29 is 14.3 Å². The van der Waals surface area contributed by atoms with Crippen molar-refractivity contribution in [3.05, 3.63) is 35.1 Å². The molecular weight excluding hydrogens is 259 g/mol. The van der Waals surface area contributed by atoms with E-state index in [-0.39, 0.29) is 18.3 Å². The normalized spacial score (nSPS) is 23.0. The minimum atomic E-state index is -0.694. The lowest BCUT2D eigenvalue weighted by atomic mass is 10.1. The van der Waals surface area contributed by atoms with E-state index in [0.717, 1.165) is 12.1 Å². The Bertz CT molecular complexity index is 503. The maximum Gasteiger partial charge on any atom is 0.234 e. The molecule has 1 saturated heterocycles. The van der Waals surface area contributed by atoms with E-state index in [1.807, 2.05) is 4.90 Å². The van der Waals surface area contributed by atoms with Gasteiger partial charge in [-0.25, -0.2) is 4.39 Å². The summed E-state index contributed by atoms with van der Waals surface area (Å²) in [4.78, 5) is 13.7. The zero-order valence-electron chi connectivity index (χ0n) is 11.9. The van der Waals surface area contributed by atoms with Crippen LogP contribution in [0.3, 0.4) is 0 Å². The fourth-order valence-electron chi connectivity index (χ4n) is 2.38. The fraction of sp³-hybridized carbons (Fsp3) is 0.533. The van der Waals surface area contributed by atoms with Crippen LogP contribution in [0, 0.1) is 12.7 Å². The van der Waals surface area contributed by atoms with Crippen LogP contribution < -0.4 is 5.32 Å². The molecule has 1 fully saturated rings. The predicted octanol–water partition coefficient (Wildman–Crippen LogP) is 1.21. The molecule has 1 amide bonds. The van der Waals surface area contributed by atoms with Gasteiger partial charge in [-0.05, 0) is 37.5 Å². The zero-order valence-corrected chi connectivity index (χ0v) is 11.9. The highest BCUT2D eigenvalue weighted by Gasteiger charge is 2.31.